The molecule has 0 amide bonds. The van der Waals surface area contributed by atoms with E-state index >= 15 is 0 Å². The zero-order valence-electron chi connectivity index (χ0n) is 6.65. The summed E-state index contributed by atoms with van der Waals surface area (Å²) >= 11 is 0. The Morgan fingerprint density at radius 3 is 1.92 bits per heavy atom. The van der Waals surface area contributed by atoms with Crippen LogP contribution in [0, 0.1) is 6.92 Å². The molecular formula is C7H7MgO3S+. The van der Waals surface area contributed by atoms with Crippen LogP contribution >= 0.6 is 0 Å². The topological polar surface area (TPSA) is 57.2 Å². The van der Waals surface area contributed by atoms with Crippen molar-refractivity contribution in [2.24, 2.45) is 0 Å². The van der Waals surface area contributed by atoms with Gasteiger partial charge in [0.05, 0.1) is 4.90 Å². The van der Waals surface area contributed by atoms with E-state index in [4.69, 9.17) is 0 Å². The summed E-state index contributed by atoms with van der Waals surface area (Å²) in [5, 5.41) is 0. The van der Waals surface area contributed by atoms with Gasteiger partial charge in [-0.15, -0.1) is 0 Å². The Morgan fingerprint density at radius 1 is 1.17 bits per heavy atom. The first kappa shape index (κ1) is 11.9. The van der Waals surface area contributed by atoms with Gasteiger partial charge in [0, 0.05) is 0 Å². The van der Waals surface area contributed by atoms with E-state index in [1.165, 1.54) is 12.1 Å². The van der Waals surface area contributed by atoms with Gasteiger partial charge < -0.3 is 4.55 Å². The molecule has 1 aromatic carbocycles. The average Bonchev–Trinajstić information content (AvgIpc) is 1.86. The molecule has 0 aliphatic heterocycles. The summed E-state index contributed by atoms with van der Waals surface area (Å²) in [6.07, 6.45) is 0. The van der Waals surface area contributed by atoms with Crippen molar-refractivity contribution in [3.8, 4) is 0 Å². The first-order valence-corrected chi connectivity index (χ1v) is 4.43. The van der Waals surface area contributed by atoms with Crippen molar-refractivity contribution in [3.63, 3.8) is 0 Å². The minimum Gasteiger partial charge on any atom is -0.744 e. The molecule has 5 heteroatoms. The van der Waals surface area contributed by atoms with Crippen LogP contribution < -0.4 is 0 Å². The fourth-order valence-electron chi connectivity index (χ4n) is 0.705. The zero-order chi connectivity index (χ0) is 8.48. The Hall–Kier alpha value is -0.104. The Balaban J connectivity index is 0.00000121. The molecule has 0 saturated heterocycles. The molecule has 0 spiro atoms. The van der Waals surface area contributed by atoms with Gasteiger partial charge in [0.1, 0.15) is 10.1 Å². The number of benzene rings is 1. The molecule has 1 aromatic rings. The molecule has 0 N–H and O–H groups in total. The first-order chi connectivity index (χ1) is 5.00. The smallest absolute Gasteiger partial charge is 0.744 e. The van der Waals surface area contributed by atoms with Gasteiger partial charge in [-0.25, -0.2) is 8.42 Å². The summed E-state index contributed by atoms with van der Waals surface area (Å²) in [7, 11) is -4.27. The van der Waals surface area contributed by atoms with Gasteiger partial charge in [0.15, 0.2) is 0 Å². The fraction of sp³-hybridized carbons (Fsp3) is 0.143. The number of hydrogen-bond donors (Lipinski definition) is 0. The normalized spacial score (nSPS) is 10.5. The Labute approximate surface area is 87.7 Å². The maximum atomic E-state index is 10.4. The van der Waals surface area contributed by atoms with Crippen LogP contribution in [0.25, 0.3) is 0 Å². The second-order valence-electron chi connectivity index (χ2n) is 2.27. The number of hydrogen-bond acceptors (Lipinski definition) is 3. The summed E-state index contributed by atoms with van der Waals surface area (Å²) in [6.45, 7) is 1.82. The molecule has 0 heterocycles. The first-order valence-electron chi connectivity index (χ1n) is 3.03. The predicted molar refractivity (Wildman–Crippen MR) is 44.9 cm³/mol. The SMILES string of the molecule is Cc1ccc(S(=O)(=O)[O-])cc1.[Mg+2]. The summed E-state index contributed by atoms with van der Waals surface area (Å²) in [6, 6.07) is 5.78. The van der Waals surface area contributed by atoms with Crippen molar-refractivity contribution in [1.82, 2.24) is 0 Å². The van der Waals surface area contributed by atoms with Gasteiger partial charge in [-0.05, 0) is 19.1 Å². The van der Waals surface area contributed by atoms with E-state index in [1.807, 2.05) is 6.92 Å². The zero-order valence-corrected chi connectivity index (χ0v) is 8.88. The molecule has 12 heavy (non-hydrogen) atoms. The molecule has 0 unspecified atom stereocenters. The molecule has 0 radical (unpaired) electrons. The molecule has 0 aliphatic rings. The second kappa shape index (κ2) is 4.22. The molecule has 0 bridgehead atoms. The third-order valence-electron chi connectivity index (χ3n) is 1.31. The Morgan fingerprint density at radius 2 is 1.58 bits per heavy atom. The number of aryl methyl sites for hydroxylation is 1. The van der Waals surface area contributed by atoms with Crippen molar-refractivity contribution in [2.45, 2.75) is 11.8 Å². The molecule has 0 aliphatic carbocycles. The molecule has 0 saturated carbocycles. The van der Waals surface area contributed by atoms with Gasteiger partial charge in [-0.1, -0.05) is 17.7 Å². The summed E-state index contributed by atoms with van der Waals surface area (Å²) in [5.41, 5.74) is 0.928. The van der Waals surface area contributed by atoms with Crippen molar-refractivity contribution >= 4 is 33.2 Å². The van der Waals surface area contributed by atoms with Gasteiger partial charge >= 0.3 is 23.1 Å². The van der Waals surface area contributed by atoms with Gasteiger partial charge in [-0.3, -0.25) is 0 Å². The summed E-state index contributed by atoms with van der Waals surface area (Å²) in [5.74, 6) is 0. The second-order valence-corrected chi connectivity index (χ2v) is 3.65. The van der Waals surface area contributed by atoms with Crippen LogP contribution in [0.5, 0.6) is 0 Å². The summed E-state index contributed by atoms with van der Waals surface area (Å²) < 4.78 is 31.2. The largest absolute Gasteiger partial charge is 2.00 e. The van der Waals surface area contributed by atoms with Crippen molar-refractivity contribution in [1.29, 1.82) is 0 Å². The molecular weight excluding hydrogens is 188 g/mol. The van der Waals surface area contributed by atoms with E-state index in [2.05, 4.69) is 0 Å². The van der Waals surface area contributed by atoms with E-state index in [0.29, 0.717) is 0 Å². The quantitative estimate of drug-likeness (QED) is 0.485. The number of rotatable bonds is 1. The van der Waals surface area contributed by atoms with E-state index in [1.54, 1.807) is 12.1 Å². The van der Waals surface area contributed by atoms with Crippen molar-refractivity contribution < 1.29 is 13.0 Å². The average molecular weight is 196 g/mol. The minimum atomic E-state index is -4.27. The van der Waals surface area contributed by atoms with Crippen LogP contribution in [0.1, 0.15) is 5.56 Å². The van der Waals surface area contributed by atoms with Crippen LogP contribution in [-0.4, -0.2) is 36.0 Å². The Kier molecular flexibility index (Phi) is 4.19. The van der Waals surface area contributed by atoms with E-state index in [9.17, 15) is 13.0 Å². The molecule has 0 atom stereocenters. The standard InChI is InChI=1S/C7H8O3S.Mg/c1-6-2-4-7(5-3-6)11(8,9)10;/h2-5H,1H3,(H,8,9,10);/q;+2/p-1. The van der Waals surface area contributed by atoms with Crippen LogP contribution in [0.2, 0.25) is 0 Å². The van der Waals surface area contributed by atoms with Crippen LogP contribution in [0.4, 0.5) is 0 Å². The van der Waals surface area contributed by atoms with E-state index in [-0.39, 0.29) is 27.9 Å². The van der Waals surface area contributed by atoms with Crippen LogP contribution in [-0.2, 0) is 10.1 Å². The van der Waals surface area contributed by atoms with Gasteiger partial charge in [0.2, 0.25) is 0 Å². The predicted octanol–water partition coefficient (Wildman–Crippen LogP) is 0.518. The van der Waals surface area contributed by atoms with Gasteiger partial charge in [-0.2, -0.15) is 0 Å². The molecule has 1 rings (SSSR count). The third-order valence-corrected chi connectivity index (χ3v) is 2.16. The molecule has 60 valence electrons. The Bertz CT molecular complexity index is 341. The van der Waals surface area contributed by atoms with Gasteiger partial charge in [0.25, 0.3) is 0 Å². The summed E-state index contributed by atoms with van der Waals surface area (Å²) in [4.78, 5) is -0.178. The maximum absolute atomic E-state index is 10.4. The van der Waals surface area contributed by atoms with E-state index < -0.39 is 10.1 Å². The van der Waals surface area contributed by atoms with Crippen molar-refractivity contribution in [2.75, 3.05) is 0 Å². The minimum absolute atomic E-state index is 0. The fourth-order valence-corrected chi connectivity index (χ4v) is 1.17. The van der Waals surface area contributed by atoms with E-state index in [0.717, 1.165) is 5.56 Å². The van der Waals surface area contributed by atoms with Crippen LogP contribution in [0.3, 0.4) is 0 Å². The molecule has 0 fully saturated rings. The molecule has 0 aromatic heterocycles. The molecule has 3 nitrogen and oxygen atoms in total. The van der Waals surface area contributed by atoms with Crippen molar-refractivity contribution in [3.05, 3.63) is 29.8 Å². The third kappa shape index (κ3) is 3.10. The maximum Gasteiger partial charge on any atom is 2.00 e. The van der Waals surface area contributed by atoms with Crippen LogP contribution in [0.15, 0.2) is 29.2 Å². The monoisotopic (exact) mass is 195 g/mol.